The third-order valence-electron chi connectivity index (χ3n) is 2.61. The summed E-state index contributed by atoms with van der Waals surface area (Å²) in [5.41, 5.74) is 1.78. The van der Waals surface area contributed by atoms with E-state index in [1.165, 1.54) is 0 Å². The van der Waals surface area contributed by atoms with Gasteiger partial charge in [0.2, 0.25) is 10.0 Å². The molecule has 1 aromatic carbocycles. The van der Waals surface area contributed by atoms with Crippen molar-refractivity contribution in [2.24, 2.45) is 0 Å². The fourth-order valence-corrected chi connectivity index (χ4v) is 2.86. The number of rotatable bonds is 5. The smallest absolute Gasteiger partial charge is 0.208 e. The molecule has 0 aliphatic rings. The lowest BCUT2D eigenvalue weighted by molar-refractivity contribution is 0.578. The summed E-state index contributed by atoms with van der Waals surface area (Å²) in [5, 5.41) is 0. The molecule has 0 atom stereocenters. The summed E-state index contributed by atoms with van der Waals surface area (Å²) in [4.78, 5) is 4.43. The fourth-order valence-electron chi connectivity index (χ4n) is 1.85. The van der Waals surface area contributed by atoms with E-state index in [-0.39, 0.29) is 5.88 Å². The first-order valence-electron chi connectivity index (χ1n) is 5.56. The number of halogens is 2. The molecule has 0 radical (unpaired) electrons. The van der Waals surface area contributed by atoms with Crippen LogP contribution in [0.25, 0.3) is 11.0 Å². The number of aromatic nitrogens is 2. The molecule has 1 aromatic heterocycles. The van der Waals surface area contributed by atoms with Crippen LogP contribution in [0, 0.1) is 0 Å². The molecule has 0 aliphatic carbocycles. The summed E-state index contributed by atoms with van der Waals surface area (Å²) in [5.74, 6) is 1.01. The Morgan fingerprint density at radius 2 is 2.21 bits per heavy atom. The second-order valence-corrected chi connectivity index (χ2v) is 7.13. The second kappa shape index (κ2) is 5.78. The highest BCUT2D eigenvalue weighted by molar-refractivity contribution is 9.10. The minimum absolute atomic E-state index is 0.283. The molecule has 0 saturated carbocycles. The maximum Gasteiger partial charge on any atom is 0.208 e. The van der Waals surface area contributed by atoms with Crippen molar-refractivity contribution < 1.29 is 8.42 Å². The summed E-state index contributed by atoms with van der Waals surface area (Å²) in [6.07, 6.45) is 1.14. The molecule has 5 nitrogen and oxygen atoms in total. The first kappa shape index (κ1) is 14.8. The van der Waals surface area contributed by atoms with Crippen LogP contribution in [0.4, 0.5) is 0 Å². The van der Waals surface area contributed by atoms with Crippen molar-refractivity contribution in [3.63, 3.8) is 0 Å². The van der Waals surface area contributed by atoms with Gasteiger partial charge in [0.05, 0.1) is 23.2 Å². The molecule has 0 aliphatic heterocycles. The normalized spacial score (nSPS) is 12.2. The second-order valence-electron chi connectivity index (χ2n) is 4.11. The largest absolute Gasteiger partial charge is 0.326 e. The molecule has 0 fully saturated rings. The van der Waals surface area contributed by atoms with Gasteiger partial charge in [-0.3, -0.25) is 0 Å². The summed E-state index contributed by atoms with van der Waals surface area (Å²) in [6.45, 7) is 0.803. The molecule has 1 heterocycles. The van der Waals surface area contributed by atoms with E-state index in [4.69, 9.17) is 11.6 Å². The Hall–Kier alpha value is -0.630. The van der Waals surface area contributed by atoms with Crippen molar-refractivity contribution >= 4 is 48.6 Å². The number of hydrogen-bond acceptors (Lipinski definition) is 3. The Morgan fingerprint density at radius 1 is 1.47 bits per heavy atom. The Labute approximate surface area is 125 Å². The molecule has 0 amide bonds. The van der Waals surface area contributed by atoms with Crippen LogP contribution in [0.3, 0.4) is 0 Å². The lowest BCUT2D eigenvalue weighted by Crippen LogP contribution is -2.26. The number of alkyl halides is 1. The van der Waals surface area contributed by atoms with Gasteiger partial charge in [-0.05, 0) is 18.2 Å². The SMILES string of the molecule is CS(=O)(=O)NCCn1c(CCl)nc2cc(Br)ccc21. The number of sulfonamides is 1. The van der Waals surface area contributed by atoms with Gasteiger partial charge in [0.1, 0.15) is 5.82 Å². The molecule has 8 heteroatoms. The molecule has 0 spiro atoms. The molecule has 0 saturated heterocycles. The third-order valence-corrected chi connectivity index (χ3v) is 4.07. The molecule has 0 unspecified atom stereocenters. The number of hydrogen-bond donors (Lipinski definition) is 1. The molecular formula is C11H13BrClN3O2S. The van der Waals surface area contributed by atoms with E-state index in [1.807, 2.05) is 22.8 Å². The van der Waals surface area contributed by atoms with Crippen LogP contribution in [0.15, 0.2) is 22.7 Å². The lowest BCUT2D eigenvalue weighted by Gasteiger charge is -2.08. The van der Waals surface area contributed by atoms with Gasteiger partial charge in [-0.25, -0.2) is 18.1 Å². The molecule has 1 N–H and O–H groups in total. The van der Waals surface area contributed by atoms with Crippen LogP contribution in [0.2, 0.25) is 0 Å². The Morgan fingerprint density at radius 3 is 2.84 bits per heavy atom. The van der Waals surface area contributed by atoms with E-state index in [0.717, 1.165) is 27.6 Å². The Bertz CT molecular complexity index is 699. The maximum atomic E-state index is 11.1. The van der Waals surface area contributed by atoms with E-state index in [0.29, 0.717) is 13.1 Å². The van der Waals surface area contributed by atoms with Crippen molar-refractivity contribution in [2.75, 3.05) is 12.8 Å². The van der Waals surface area contributed by atoms with Gasteiger partial charge in [0, 0.05) is 17.6 Å². The van der Waals surface area contributed by atoms with Gasteiger partial charge in [-0.2, -0.15) is 0 Å². The van der Waals surface area contributed by atoms with Gasteiger partial charge >= 0.3 is 0 Å². The minimum Gasteiger partial charge on any atom is -0.326 e. The highest BCUT2D eigenvalue weighted by Crippen LogP contribution is 2.21. The molecule has 104 valence electrons. The van der Waals surface area contributed by atoms with Crippen LogP contribution < -0.4 is 4.72 Å². The van der Waals surface area contributed by atoms with Gasteiger partial charge in [0.15, 0.2) is 0 Å². The molecular weight excluding hydrogens is 354 g/mol. The van der Waals surface area contributed by atoms with E-state index in [9.17, 15) is 8.42 Å². The molecule has 19 heavy (non-hydrogen) atoms. The van der Waals surface area contributed by atoms with E-state index >= 15 is 0 Å². The lowest BCUT2D eigenvalue weighted by atomic mass is 10.3. The van der Waals surface area contributed by atoms with Crippen molar-refractivity contribution in [1.29, 1.82) is 0 Å². The van der Waals surface area contributed by atoms with Crippen LogP contribution in [-0.2, 0) is 22.4 Å². The van der Waals surface area contributed by atoms with E-state index in [2.05, 4.69) is 25.6 Å². The third kappa shape index (κ3) is 3.68. The standard InChI is InChI=1S/C11H13BrClN3O2S/c1-19(17,18)14-4-5-16-10-3-2-8(12)6-9(10)15-11(16)7-13/h2-3,6,14H,4-5,7H2,1H3. The predicted octanol–water partition coefficient (Wildman–Crippen LogP) is 2.09. The van der Waals surface area contributed by atoms with Gasteiger partial charge in [0.25, 0.3) is 0 Å². The monoisotopic (exact) mass is 365 g/mol. The van der Waals surface area contributed by atoms with E-state index < -0.39 is 10.0 Å². The molecule has 0 bridgehead atoms. The Balaban J connectivity index is 2.30. The van der Waals surface area contributed by atoms with Crippen molar-refractivity contribution in [2.45, 2.75) is 12.4 Å². The van der Waals surface area contributed by atoms with Crippen LogP contribution in [0.5, 0.6) is 0 Å². The van der Waals surface area contributed by atoms with Crippen LogP contribution in [-0.4, -0.2) is 30.8 Å². The fraction of sp³-hybridized carbons (Fsp3) is 0.364. The number of nitrogens with zero attached hydrogens (tertiary/aromatic N) is 2. The first-order valence-corrected chi connectivity index (χ1v) is 8.78. The zero-order valence-electron chi connectivity index (χ0n) is 10.2. The van der Waals surface area contributed by atoms with Gasteiger partial charge in [-0.1, -0.05) is 15.9 Å². The summed E-state index contributed by atoms with van der Waals surface area (Å²) in [6, 6.07) is 5.76. The molecule has 2 aromatic rings. The first-order chi connectivity index (χ1) is 8.90. The summed E-state index contributed by atoms with van der Waals surface area (Å²) >= 11 is 9.27. The quantitative estimate of drug-likeness (QED) is 0.824. The Kier molecular flexibility index (Phi) is 4.50. The maximum absolute atomic E-state index is 11.1. The van der Waals surface area contributed by atoms with Gasteiger partial charge < -0.3 is 4.57 Å². The average Bonchev–Trinajstić information content (AvgIpc) is 2.65. The van der Waals surface area contributed by atoms with Crippen LogP contribution >= 0.6 is 27.5 Å². The summed E-state index contributed by atoms with van der Waals surface area (Å²) in [7, 11) is -3.18. The average molecular weight is 367 g/mol. The van der Waals surface area contributed by atoms with Crippen LogP contribution in [0.1, 0.15) is 5.82 Å². The zero-order chi connectivity index (χ0) is 14.0. The number of fused-ring (bicyclic) bond motifs is 1. The summed E-state index contributed by atoms with van der Waals surface area (Å²) < 4.78 is 27.4. The topological polar surface area (TPSA) is 64.0 Å². The number of nitrogens with one attached hydrogen (secondary N) is 1. The molecule has 2 rings (SSSR count). The zero-order valence-corrected chi connectivity index (χ0v) is 13.4. The highest BCUT2D eigenvalue weighted by atomic mass is 79.9. The minimum atomic E-state index is -3.18. The highest BCUT2D eigenvalue weighted by Gasteiger charge is 2.10. The number of benzene rings is 1. The van der Waals surface area contributed by atoms with Gasteiger partial charge in [-0.15, -0.1) is 11.6 Å². The predicted molar refractivity (Wildman–Crippen MR) is 79.8 cm³/mol. The van der Waals surface area contributed by atoms with Crippen molar-refractivity contribution in [3.8, 4) is 0 Å². The van der Waals surface area contributed by atoms with Crippen molar-refractivity contribution in [3.05, 3.63) is 28.5 Å². The number of imidazole rings is 1. The van der Waals surface area contributed by atoms with E-state index in [1.54, 1.807) is 0 Å². The van der Waals surface area contributed by atoms with Crippen molar-refractivity contribution in [1.82, 2.24) is 14.3 Å².